The lowest BCUT2D eigenvalue weighted by atomic mass is 10.2. The number of carbonyl (C=O) groups is 1. The van der Waals surface area contributed by atoms with Crippen molar-refractivity contribution in [2.24, 2.45) is 0 Å². The molecule has 4 aromatic rings. The largest absolute Gasteiger partial charge is 0.456 e. The number of hydrogen-bond donors (Lipinski definition) is 0. The molecule has 0 radical (unpaired) electrons. The Morgan fingerprint density at radius 2 is 1.89 bits per heavy atom. The molecule has 11 heteroatoms. The Balaban J connectivity index is 1.48. The summed E-state index contributed by atoms with van der Waals surface area (Å²) in [7, 11) is 0. The molecule has 0 spiro atoms. The van der Waals surface area contributed by atoms with E-state index in [0.717, 1.165) is 12.1 Å². The molecule has 0 N–H and O–H groups in total. The van der Waals surface area contributed by atoms with E-state index in [4.69, 9.17) is 16.3 Å². The Hall–Kier alpha value is -4.05. The normalized spacial score (nSPS) is 15.8. The van der Waals surface area contributed by atoms with Crippen LogP contribution in [0.3, 0.4) is 0 Å². The molecule has 190 valence electrons. The summed E-state index contributed by atoms with van der Waals surface area (Å²) in [4.78, 5) is 31.5. The van der Waals surface area contributed by atoms with Gasteiger partial charge in [0.2, 0.25) is 5.91 Å². The molecule has 2 aromatic heterocycles. The van der Waals surface area contributed by atoms with E-state index < -0.39 is 11.7 Å². The summed E-state index contributed by atoms with van der Waals surface area (Å²) in [5.41, 5.74) is 0.592. The second-order valence-corrected chi connectivity index (χ2v) is 8.93. The number of imidazole rings is 1. The maximum absolute atomic E-state index is 13.6. The average Bonchev–Trinajstić information content (AvgIpc) is 3.46. The van der Waals surface area contributed by atoms with E-state index in [9.17, 15) is 22.8 Å². The van der Waals surface area contributed by atoms with E-state index in [1.54, 1.807) is 46.1 Å². The zero-order valence-corrected chi connectivity index (χ0v) is 20.0. The van der Waals surface area contributed by atoms with Gasteiger partial charge in [-0.15, -0.1) is 0 Å². The molecule has 0 aliphatic carbocycles. The van der Waals surface area contributed by atoms with Crippen molar-refractivity contribution in [3.8, 4) is 17.2 Å². The molecule has 37 heavy (non-hydrogen) atoms. The van der Waals surface area contributed by atoms with E-state index in [2.05, 4.69) is 11.6 Å². The highest BCUT2D eigenvalue weighted by atomic mass is 35.5. The first-order valence-corrected chi connectivity index (χ1v) is 11.7. The third kappa shape index (κ3) is 4.60. The number of ether oxygens (including phenoxy) is 1. The number of alkyl halides is 3. The second-order valence-electron chi connectivity index (χ2n) is 8.52. The first kappa shape index (κ1) is 24.6. The van der Waals surface area contributed by atoms with Crippen LogP contribution in [0.2, 0.25) is 5.02 Å². The van der Waals surface area contributed by atoms with Gasteiger partial charge in [-0.25, -0.2) is 4.79 Å². The summed E-state index contributed by atoms with van der Waals surface area (Å²) in [5, 5.41) is 0.165. The van der Waals surface area contributed by atoms with Crippen molar-refractivity contribution in [2.45, 2.75) is 18.6 Å². The zero-order chi connectivity index (χ0) is 26.3. The van der Waals surface area contributed by atoms with Gasteiger partial charge in [0, 0.05) is 19.3 Å². The summed E-state index contributed by atoms with van der Waals surface area (Å²) < 4.78 is 47.3. The first-order chi connectivity index (χ1) is 17.7. The molecule has 5 rings (SSSR count). The average molecular weight is 529 g/mol. The topological polar surface area (TPSA) is 69.4 Å². The maximum atomic E-state index is 13.6. The number of benzene rings is 2. The monoisotopic (exact) mass is 528 g/mol. The van der Waals surface area contributed by atoms with E-state index in [1.807, 2.05) is 0 Å². The van der Waals surface area contributed by atoms with Crippen LogP contribution < -0.4 is 10.4 Å². The van der Waals surface area contributed by atoms with Crippen LogP contribution in [0.1, 0.15) is 18.0 Å². The highest BCUT2D eigenvalue weighted by Crippen LogP contribution is 2.35. The number of likely N-dealkylation sites (tertiary alicyclic amines) is 1. The van der Waals surface area contributed by atoms with Crippen LogP contribution in [0.15, 0.2) is 78.4 Å². The number of rotatable bonds is 5. The zero-order valence-electron chi connectivity index (χ0n) is 19.3. The summed E-state index contributed by atoms with van der Waals surface area (Å²) in [6.07, 6.45) is 0.598. The van der Waals surface area contributed by atoms with Crippen LogP contribution in [0.4, 0.5) is 13.2 Å². The van der Waals surface area contributed by atoms with Gasteiger partial charge in [-0.2, -0.15) is 13.2 Å². The number of pyridine rings is 1. The van der Waals surface area contributed by atoms with E-state index in [0.29, 0.717) is 36.2 Å². The van der Waals surface area contributed by atoms with Gasteiger partial charge in [-0.05, 0) is 61.0 Å². The fourth-order valence-electron chi connectivity index (χ4n) is 4.50. The number of hydrogen-bond acceptors (Lipinski definition) is 4. The molecule has 1 atom stereocenters. The molecule has 1 aliphatic heterocycles. The van der Waals surface area contributed by atoms with E-state index in [1.165, 1.54) is 22.8 Å². The molecule has 0 saturated carbocycles. The Labute approximate surface area is 214 Å². The minimum atomic E-state index is -4.45. The lowest BCUT2D eigenvalue weighted by Gasteiger charge is -2.15. The predicted molar refractivity (Wildman–Crippen MR) is 132 cm³/mol. The van der Waals surface area contributed by atoms with Gasteiger partial charge >= 0.3 is 11.9 Å². The van der Waals surface area contributed by atoms with E-state index >= 15 is 0 Å². The smallest absolute Gasteiger partial charge is 0.416 e. The van der Waals surface area contributed by atoms with Gasteiger partial charge in [-0.3, -0.25) is 18.9 Å². The van der Waals surface area contributed by atoms with Gasteiger partial charge in [0.1, 0.15) is 11.5 Å². The minimum Gasteiger partial charge on any atom is -0.456 e. The molecule has 3 heterocycles. The van der Waals surface area contributed by atoms with Crippen molar-refractivity contribution < 1.29 is 22.7 Å². The molecule has 0 unspecified atom stereocenters. The fourth-order valence-corrected chi connectivity index (χ4v) is 4.72. The second kappa shape index (κ2) is 9.44. The summed E-state index contributed by atoms with van der Waals surface area (Å²) in [6, 6.07) is 10.5. The molecule has 1 saturated heterocycles. The van der Waals surface area contributed by atoms with Crippen molar-refractivity contribution in [2.75, 3.05) is 13.1 Å². The number of fused-ring (bicyclic) bond motifs is 1. The number of nitrogens with zero attached hydrogens (tertiary/aromatic N) is 4. The van der Waals surface area contributed by atoms with Crippen LogP contribution in [-0.2, 0) is 11.0 Å². The molecule has 7 nitrogen and oxygen atoms in total. The quantitative estimate of drug-likeness (QED) is 0.316. The molecule has 1 aliphatic rings. The number of halogens is 4. The Morgan fingerprint density at radius 3 is 2.57 bits per heavy atom. The Bertz CT molecular complexity index is 1560. The van der Waals surface area contributed by atoms with Crippen LogP contribution in [0.5, 0.6) is 11.5 Å². The van der Waals surface area contributed by atoms with Gasteiger partial charge < -0.3 is 9.64 Å². The maximum Gasteiger partial charge on any atom is 0.416 e. The lowest BCUT2D eigenvalue weighted by Crippen LogP contribution is -2.31. The van der Waals surface area contributed by atoms with Crippen molar-refractivity contribution in [3.63, 3.8) is 0 Å². The van der Waals surface area contributed by atoms with Crippen molar-refractivity contribution >= 4 is 28.5 Å². The number of carbonyl (C=O) groups excluding carboxylic acids is 1. The molecule has 2 aromatic carbocycles. The molecule has 0 bridgehead atoms. The van der Waals surface area contributed by atoms with Gasteiger partial charge in [0.15, 0.2) is 0 Å². The van der Waals surface area contributed by atoms with Crippen LogP contribution >= 0.6 is 11.6 Å². The third-order valence-electron chi connectivity index (χ3n) is 6.27. The Kier molecular flexibility index (Phi) is 6.28. The predicted octanol–water partition coefficient (Wildman–Crippen LogP) is 5.61. The van der Waals surface area contributed by atoms with Crippen LogP contribution in [0, 0.1) is 0 Å². The third-order valence-corrected chi connectivity index (χ3v) is 6.57. The van der Waals surface area contributed by atoms with Gasteiger partial charge in [0.25, 0.3) is 0 Å². The summed E-state index contributed by atoms with van der Waals surface area (Å²) in [5.74, 6) is 0.214. The fraction of sp³-hybridized carbons (Fsp3) is 0.192. The summed E-state index contributed by atoms with van der Waals surface area (Å²) in [6.45, 7) is 4.43. The van der Waals surface area contributed by atoms with Crippen molar-refractivity contribution in [1.82, 2.24) is 19.0 Å². The highest BCUT2D eigenvalue weighted by molar-refractivity contribution is 6.32. The molecular formula is C26H20ClF3N4O3. The molecule has 1 amide bonds. The van der Waals surface area contributed by atoms with Gasteiger partial charge in [-0.1, -0.05) is 18.2 Å². The van der Waals surface area contributed by atoms with Crippen molar-refractivity contribution in [1.29, 1.82) is 0 Å². The highest BCUT2D eigenvalue weighted by Gasteiger charge is 2.31. The standard InChI is InChI=1S/C26H20ClF3N4O3/c1-2-24(35)32-12-10-18(15-32)34-21-9-11-31-14-22(21)33(25(34)36)17-5-8-23(20(27)13-17)37-19-6-3-16(4-7-19)26(28,29)30/h2-9,11,13-14,18H,1,10,12,15H2/t18-/m1/s1. The summed E-state index contributed by atoms with van der Waals surface area (Å²) >= 11 is 6.44. The number of aromatic nitrogens is 3. The first-order valence-electron chi connectivity index (χ1n) is 11.3. The molecular weight excluding hydrogens is 509 g/mol. The van der Waals surface area contributed by atoms with Crippen LogP contribution in [-0.4, -0.2) is 38.0 Å². The SMILES string of the molecule is C=CC(=O)N1CC[C@@H](n2c(=O)n(-c3ccc(Oc4ccc(C(F)(F)F)cc4)c(Cl)c3)c3cnccc32)C1. The molecule has 1 fully saturated rings. The van der Waals surface area contributed by atoms with Gasteiger partial charge in [0.05, 0.1) is 39.5 Å². The lowest BCUT2D eigenvalue weighted by molar-refractivity contribution is -0.137. The van der Waals surface area contributed by atoms with Crippen molar-refractivity contribution in [3.05, 3.63) is 94.6 Å². The van der Waals surface area contributed by atoms with E-state index in [-0.39, 0.29) is 34.2 Å². The Morgan fingerprint density at radius 1 is 1.14 bits per heavy atom. The van der Waals surface area contributed by atoms with Crippen LogP contribution in [0.25, 0.3) is 16.7 Å². The number of amides is 1. The minimum absolute atomic E-state index is 0.165.